The van der Waals surface area contributed by atoms with Gasteiger partial charge in [-0.15, -0.1) is 0 Å². The average molecular weight is 136 g/mol. The quantitative estimate of drug-likeness (QED) is 0.576. The molecular formula is C8H12N2. The SMILES string of the molecule is CC(C)=Cc1cnn(C)c1. The summed E-state index contributed by atoms with van der Waals surface area (Å²) >= 11 is 0. The van der Waals surface area contributed by atoms with Crippen LogP contribution in [0.15, 0.2) is 18.0 Å². The van der Waals surface area contributed by atoms with Gasteiger partial charge >= 0.3 is 0 Å². The van der Waals surface area contributed by atoms with Crippen LogP contribution in [-0.4, -0.2) is 9.78 Å². The first kappa shape index (κ1) is 7.06. The lowest BCUT2D eigenvalue weighted by Crippen LogP contribution is -1.83. The average Bonchev–Trinajstić information content (AvgIpc) is 2.13. The molecule has 0 N–H and O–H groups in total. The van der Waals surface area contributed by atoms with Crippen molar-refractivity contribution >= 4 is 6.08 Å². The highest BCUT2D eigenvalue weighted by Crippen LogP contribution is 2.02. The second-order valence-corrected chi connectivity index (χ2v) is 2.67. The topological polar surface area (TPSA) is 17.8 Å². The molecule has 1 aromatic rings. The summed E-state index contributed by atoms with van der Waals surface area (Å²) in [7, 11) is 1.92. The van der Waals surface area contributed by atoms with Crippen LogP contribution < -0.4 is 0 Å². The van der Waals surface area contributed by atoms with E-state index in [9.17, 15) is 0 Å². The van der Waals surface area contributed by atoms with Crippen LogP contribution >= 0.6 is 0 Å². The van der Waals surface area contributed by atoms with Crippen molar-refractivity contribution in [3.05, 3.63) is 23.5 Å². The Morgan fingerprint density at radius 1 is 1.60 bits per heavy atom. The highest BCUT2D eigenvalue weighted by atomic mass is 15.2. The molecule has 0 atom stereocenters. The molecule has 0 radical (unpaired) electrons. The van der Waals surface area contributed by atoms with E-state index in [1.54, 1.807) is 4.68 Å². The summed E-state index contributed by atoms with van der Waals surface area (Å²) in [5, 5.41) is 4.04. The molecule has 0 saturated heterocycles. The molecule has 0 aliphatic carbocycles. The molecular weight excluding hydrogens is 124 g/mol. The fourth-order valence-corrected chi connectivity index (χ4v) is 0.848. The van der Waals surface area contributed by atoms with Crippen LogP contribution in [0.3, 0.4) is 0 Å². The van der Waals surface area contributed by atoms with E-state index in [0.717, 1.165) is 0 Å². The largest absolute Gasteiger partial charge is 0.275 e. The van der Waals surface area contributed by atoms with Crippen molar-refractivity contribution in [2.75, 3.05) is 0 Å². The van der Waals surface area contributed by atoms with Gasteiger partial charge < -0.3 is 0 Å². The zero-order valence-electron chi connectivity index (χ0n) is 6.63. The van der Waals surface area contributed by atoms with Crippen LogP contribution in [0, 0.1) is 0 Å². The van der Waals surface area contributed by atoms with Crippen molar-refractivity contribution in [2.45, 2.75) is 13.8 Å². The van der Waals surface area contributed by atoms with Gasteiger partial charge in [0, 0.05) is 18.8 Å². The number of hydrogen-bond donors (Lipinski definition) is 0. The normalized spacial score (nSPS) is 9.50. The summed E-state index contributed by atoms with van der Waals surface area (Å²) in [6, 6.07) is 0. The lowest BCUT2D eigenvalue weighted by molar-refractivity contribution is 0.767. The molecule has 0 unspecified atom stereocenters. The molecule has 0 aliphatic rings. The Balaban J connectivity index is 2.86. The number of hydrogen-bond acceptors (Lipinski definition) is 1. The summed E-state index contributed by atoms with van der Waals surface area (Å²) in [4.78, 5) is 0. The van der Waals surface area contributed by atoms with Gasteiger partial charge in [-0.3, -0.25) is 4.68 Å². The molecule has 0 amide bonds. The molecule has 0 bridgehead atoms. The van der Waals surface area contributed by atoms with Crippen molar-refractivity contribution in [1.82, 2.24) is 9.78 Å². The Morgan fingerprint density at radius 3 is 2.70 bits per heavy atom. The molecule has 2 heteroatoms. The second-order valence-electron chi connectivity index (χ2n) is 2.67. The molecule has 0 fully saturated rings. The Bertz CT molecular complexity index is 242. The third-order valence-electron chi connectivity index (χ3n) is 1.18. The molecule has 0 saturated carbocycles. The Morgan fingerprint density at radius 2 is 2.30 bits per heavy atom. The molecule has 54 valence electrons. The molecule has 1 aromatic heterocycles. The highest BCUT2D eigenvalue weighted by molar-refractivity contribution is 5.49. The summed E-state index contributed by atoms with van der Waals surface area (Å²) in [6.07, 6.45) is 5.95. The molecule has 2 nitrogen and oxygen atoms in total. The van der Waals surface area contributed by atoms with Gasteiger partial charge in [-0.2, -0.15) is 5.10 Å². The maximum Gasteiger partial charge on any atom is 0.0562 e. The van der Waals surface area contributed by atoms with Crippen LogP contribution in [0.25, 0.3) is 6.08 Å². The monoisotopic (exact) mass is 136 g/mol. The van der Waals surface area contributed by atoms with Crippen molar-refractivity contribution in [2.24, 2.45) is 7.05 Å². The van der Waals surface area contributed by atoms with Crippen LogP contribution in [0.5, 0.6) is 0 Å². The van der Waals surface area contributed by atoms with E-state index in [1.165, 1.54) is 11.1 Å². The third-order valence-corrected chi connectivity index (χ3v) is 1.18. The van der Waals surface area contributed by atoms with Gasteiger partial charge in [-0.1, -0.05) is 11.6 Å². The number of nitrogens with zero attached hydrogens (tertiary/aromatic N) is 2. The smallest absolute Gasteiger partial charge is 0.0562 e. The lowest BCUT2D eigenvalue weighted by Gasteiger charge is -1.85. The van der Waals surface area contributed by atoms with E-state index in [2.05, 4.69) is 25.0 Å². The van der Waals surface area contributed by atoms with E-state index in [-0.39, 0.29) is 0 Å². The summed E-state index contributed by atoms with van der Waals surface area (Å²) in [5.41, 5.74) is 2.47. The first-order valence-electron chi connectivity index (χ1n) is 3.32. The van der Waals surface area contributed by atoms with E-state index in [4.69, 9.17) is 0 Å². The van der Waals surface area contributed by atoms with Gasteiger partial charge in [0.25, 0.3) is 0 Å². The third kappa shape index (κ3) is 1.72. The zero-order valence-corrected chi connectivity index (χ0v) is 6.63. The van der Waals surface area contributed by atoms with Gasteiger partial charge in [-0.25, -0.2) is 0 Å². The van der Waals surface area contributed by atoms with Gasteiger partial charge in [0.2, 0.25) is 0 Å². The standard InChI is InChI=1S/C8H12N2/c1-7(2)4-8-5-9-10(3)6-8/h4-6H,1-3H3. The molecule has 0 spiro atoms. The van der Waals surface area contributed by atoms with E-state index < -0.39 is 0 Å². The number of aromatic nitrogens is 2. The summed E-state index contributed by atoms with van der Waals surface area (Å²) in [5.74, 6) is 0. The van der Waals surface area contributed by atoms with Gasteiger partial charge in [0.1, 0.15) is 0 Å². The zero-order chi connectivity index (χ0) is 7.56. The van der Waals surface area contributed by atoms with Gasteiger partial charge in [-0.05, 0) is 13.8 Å². The molecule has 0 aliphatic heterocycles. The minimum Gasteiger partial charge on any atom is -0.275 e. The van der Waals surface area contributed by atoms with Gasteiger partial charge in [0.15, 0.2) is 0 Å². The predicted molar refractivity (Wildman–Crippen MR) is 42.5 cm³/mol. The summed E-state index contributed by atoms with van der Waals surface area (Å²) in [6.45, 7) is 4.15. The predicted octanol–water partition coefficient (Wildman–Crippen LogP) is 1.84. The van der Waals surface area contributed by atoms with E-state index in [1.807, 2.05) is 19.4 Å². The molecule has 1 rings (SSSR count). The Kier molecular flexibility index (Phi) is 1.90. The van der Waals surface area contributed by atoms with Crippen molar-refractivity contribution < 1.29 is 0 Å². The Labute approximate surface area is 61.2 Å². The maximum absolute atomic E-state index is 4.04. The fraction of sp³-hybridized carbons (Fsp3) is 0.375. The first-order chi connectivity index (χ1) is 4.68. The highest BCUT2D eigenvalue weighted by Gasteiger charge is 1.88. The first-order valence-corrected chi connectivity index (χ1v) is 3.32. The van der Waals surface area contributed by atoms with E-state index >= 15 is 0 Å². The number of rotatable bonds is 1. The van der Waals surface area contributed by atoms with Crippen molar-refractivity contribution in [1.29, 1.82) is 0 Å². The van der Waals surface area contributed by atoms with Crippen LogP contribution in [0.1, 0.15) is 19.4 Å². The Hall–Kier alpha value is -1.05. The maximum atomic E-state index is 4.04. The molecule has 1 heterocycles. The molecule has 10 heavy (non-hydrogen) atoms. The van der Waals surface area contributed by atoms with E-state index in [0.29, 0.717) is 0 Å². The fourth-order valence-electron chi connectivity index (χ4n) is 0.848. The van der Waals surface area contributed by atoms with Crippen LogP contribution in [0.2, 0.25) is 0 Å². The second kappa shape index (κ2) is 2.69. The number of allylic oxidation sites excluding steroid dienone is 1. The lowest BCUT2D eigenvalue weighted by atomic mass is 10.2. The van der Waals surface area contributed by atoms with Crippen molar-refractivity contribution in [3.63, 3.8) is 0 Å². The van der Waals surface area contributed by atoms with Crippen LogP contribution in [-0.2, 0) is 7.05 Å². The number of aryl methyl sites for hydroxylation is 1. The summed E-state index contributed by atoms with van der Waals surface area (Å²) < 4.78 is 1.80. The minimum atomic E-state index is 1.17. The van der Waals surface area contributed by atoms with Crippen molar-refractivity contribution in [3.8, 4) is 0 Å². The van der Waals surface area contributed by atoms with Crippen LogP contribution in [0.4, 0.5) is 0 Å². The van der Waals surface area contributed by atoms with Gasteiger partial charge in [0.05, 0.1) is 6.20 Å². The molecule has 0 aromatic carbocycles. The minimum absolute atomic E-state index is 1.17.